The smallest absolute Gasteiger partial charge is 0.307 e. The summed E-state index contributed by atoms with van der Waals surface area (Å²) in [5.74, 6) is -1.89. The molecule has 1 unspecified atom stereocenters. The summed E-state index contributed by atoms with van der Waals surface area (Å²) in [4.78, 5) is 29.5. The number of hydrogen-bond acceptors (Lipinski definition) is 4. The molecular weight excluding hydrogens is 296 g/mol. The molecule has 23 heavy (non-hydrogen) atoms. The zero-order valence-electron chi connectivity index (χ0n) is 13.4. The van der Waals surface area contributed by atoms with E-state index in [1.165, 1.54) is 0 Å². The van der Waals surface area contributed by atoms with Gasteiger partial charge in [-0.3, -0.25) is 14.6 Å². The molecule has 3 atom stereocenters. The van der Waals surface area contributed by atoms with Crippen LogP contribution in [0.1, 0.15) is 25.8 Å². The predicted molar refractivity (Wildman–Crippen MR) is 82.4 cm³/mol. The van der Waals surface area contributed by atoms with Crippen LogP contribution in [-0.2, 0) is 20.9 Å². The molecule has 1 aromatic heterocycles. The lowest BCUT2D eigenvalue weighted by Crippen LogP contribution is -2.33. The summed E-state index contributed by atoms with van der Waals surface area (Å²) in [6, 6.07) is 3.81. The fourth-order valence-electron chi connectivity index (χ4n) is 3.51. The van der Waals surface area contributed by atoms with Crippen molar-refractivity contribution in [2.24, 2.45) is 17.3 Å². The maximum atomic E-state index is 12.6. The van der Waals surface area contributed by atoms with Crippen molar-refractivity contribution in [2.45, 2.75) is 33.0 Å². The second kappa shape index (κ2) is 5.92. The van der Waals surface area contributed by atoms with Gasteiger partial charge in [-0.15, -0.1) is 0 Å². The van der Waals surface area contributed by atoms with Crippen LogP contribution in [0.15, 0.2) is 24.5 Å². The van der Waals surface area contributed by atoms with Crippen molar-refractivity contribution in [3.63, 3.8) is 0 Å². The molecule has 6 heteroatoms. The molecular formula is C17H22N2O4. The highest BCUT2D eigenvalue weighted by Crippen LogP contribution is 2.59. The van der Waals surface area contributed by atoms with Crippen molar-refractivity contribution in [2.75, 3.05) is 13.1 Å². The van der Waals surface area contributed by atoms with Crippen LogP contribution in [0, 0.1) is 17.3 Å². The number of amides is 1. The number of carbonyl (C=O) groups is 2. The zero-order chi connectivity index (χ0) is 16.6. The van der Waals surface area contributed by atoms with Gasteiger partial charge < -0.3 is 14.7 Å². The number of carboxylic acids is 1. The van der Waals surface area contributed by atoms with Crippen LogP contribution in [0.2, 0.25) is 0 Å². The van der Waals surface area contributed by atoms with Crippen molar-refractivity contribution in [3.05, 3.63) is 30.1 Å². The second-order valence-electron chi connectivity index (χ2n) is 6.98. The van der Waals surface area contributed by atoms with Gasteiger partial charge in [-0.25, -0.2) is 0 Å². The topological polar surface area (TPSA) is 79.7 Å². The Morgan fingerprint density at radius 2 is 2.04 bits per heavy atom. The van der Waals surface area contributed by atoms with E-state index in [4.69, 9.17) is 4.74 Å². The molecule has 0 bridgehead atoms. The van der Waals surface area contributed by atoms with Crippen LogP contribution in [-0.4, -0.2) is 46.1 Å². The fourth-order valence-corrected chi connectivity index (χ4v) is 3.51. The highest BCUT2D eigenvalue weighted by molar-refractivity contribution is 5.91. The van der Waals surface area contributed by atoms with Crippen LogP contribution in [0.4, 0.5) is 0 Å². The third-order valence-corrected chi connectivity index (χ3v) is 5.05. The van der Waals surface area contributed by atoms with E-state index < -0.39 is 23.2 Å². The Kier molecular flexibility index (Phi) is 4.10. The first-order chi connectivity index (χ1) is 10.9. The lowest BCUT2D eigenvalue weighted by Gasteiger charge is -2.17. The van der Waals surface area contributed by atoms with E-state index in [1.54, 1.807) is 17.3 Å². The standard InChI is InChI=1S/C17H22N2O4/c1-17(2)13(14(17)16(21)22)15(20)19-8-5-12(9-19)23-10-11-3-6-18-7-4-11/h3-4,6-7,12-14H,5,8-10H2,1-2H3,(H,21,22)/t12?,13-,14+/m1/s1. The first-order valence-corrected chi connectivity index (χ1v) is 7.93. The molecule has 2 heterocycles. The van der Waals surface area contributed by atoms with Crippen LogP contribution in [0.25, 0.3) is 0 Å². The summed E-state index contributed by atoms with van der Waals surface area (Å²) in [6.45, 7) is 5.38. The fraction of sp³-hybridized carbons (Fsp3) is 0.588. The summed E-state index contributed by atoms with van der Waals surface area (Å²) in [7, 11) is 0. The average Bonchev–Trinajstić information content (AvgIpc) is 2.88. The van der Waals surface area contributed by atoms with E-state index in [1.807, 2.05) is 26.0 Å². The maximum Gasteiger partial charge on any atom is 0.307 e. The Balaban J connectivity index is 1.52. The molecule has 3 rings (SSSR count). The molecule has 1 saturated carbocycles. The number of carbonyl (C=O) groups excluding carboxylic acids is 1. The van der Waals surface area contributed by atoms with Gasteiger partial charge in [-0.1, -0.05) is 13.8 Å². The minimum absolute atomic E-state index is 0.0113. The molecule has 1 aromatic rings. The molecule has 0 aromatic carbocycles. The number of likely N-dealkylation sites (tertiary alicyclic amines) is 1. The van der Waals surface area contributed by atoms with Crippen LogP contribution in [0.3, 0.4) is 0 Å². The van der Waals surface area contributed by atoms with Crippen LogP contribution >= 0.6 is 0 Å². The molecule has 0 radical (unpaired) electrons. The number of rotatable bonds is 5. The summed E-state index contributed by atoms with van der Waals surface area (Å²) in [5, 5.41) is 9.21. The molecule has 124 valence electrons. The van der Waals surface area contributed by atoms with Gasteiger partial charge in [-0.05, 0) is 29.5 Å². The van der Waals surface area contributed by atoms with E-state index >= 15 is 0 Å². The zero-order valence-corrected chi connectivity index (χ0v) is 13.4. The van der Waals surface area contributed by atoms with Gasteiger partial charge in [-0.2, -0.15) is 0 Å². The Morgan fingerprint density at radius 1 is 1.35 bits per heavy atom. The third-order valence-electron chi connectivity index (χ3n) is 5.05. The van der Waals surface area contributed by atoms with Gasteiger partial charge >= 0.3 is 5.97 Å². The number of carboxylic acid groups (broad SMARTS) is 1. The van der Waals surface area contributed by atoms with E-state index in [9.17, 15) is 14.7 Å². The highest BCUT2D eigenvalue weighted by Gasteiger charge is 2.66. The Bertz CT molecular complexity index is 602. The molecule has 1 saturated heterocycles. The lowest BCUT2D eigenvalue weighted by atomic mass is 10.1. The van der Waals surface area contributed by atoms with Gasteiger partial charge in [0.1, 0.15) is 0 Å². The predicted octanol–water partition coefficient (Wildman–Crippen LogP) is 1.56. The third kappa shape index (κ3) is 3.08. The first-order valence-electron chi connectivity index (χ1n) is 7.93. The number of aromatic nitrogens is 1. The maximum absolute atomic E-state index is 12.6. The van der Waals surface area contributed by atoms with E-state index in [0.29, 0.717) is 19.7 Å². The van der Waals surface area contributed by atoms with Crippen molar-refractivity contribution in [1.82, 2.24) is 9.88 Å². The highest BCUT2D eigenvalue weighted by atomic mass is 16.5. The average molecular weight is 318 g/mol. The van der Waals surface area contributed by atoms with Crippen LogP contribution in [0.5, 0.6) is 0 Å². The van der Waals surface area contributed by atoms with Crippen LogP contribution < -0.4 is 0 Å². The van der Waals surface area contributed by atoms with Crippen molar-refractivity contribution in [3.8, 4) is 0 Å². The van der Waals surface area contributed by atoms with Gasteiger partial charge in [0.15, 0.2) is 0 Å². The molecule has 6 nitrogen and oxygen atoms in total. The number of nitrogens with zero attached hydrogens (tertiary/aromatic N) is 2. The van der Waals surface area contributed by atoms with Crippen molar-refractivity contribution < 1.29 is 19.4 Å². The number of aliphatic carboxylic acids is 1. The first kappa shape index (κ1) is 15.9. The molecule has 0 spiro atoms. The molecule has 1 aliphatic heterocycles. The van der Waals surface area contributed by atoms with Gasteiger partial charge in [0.05, 0.1) is 24.5 Å². The Labute approximate surface area is 135 Å². The number of ether oxygens (including phenoxy) is 1. The molecule has 1 N–H and O–H groups in total. The Morgan fingerprint density at radius 3 is 2.65 bits per heavy atom. The molecule has 2 fully saturated rings. The van der Waals surface area contributed by atoms with Gasteiger partial charge in [0.25, 0.3) is 0 Å². The number of pyridine rings is 1. The summed E-state index contributed by atoms with van der Waals surface area (Å²) in [6.07, 6.45) is 4.26. The van der Waals surface area contributed by atoms with Crippen molar-refractivity contribution in [1.29, 1.82) is 0 Å². The van der Waals surface area contributed by atoms with Gasteiger partial charge in [0.2, 0.25) is 5.91 Å². The number of hydrogen-bond donors (Lipinski definition) is 1. The van der Waals surface area contributed by atoms with E-state index in [2.05, 4.69) is 4.98 Å². The molecule has 1 amide bonds. The van der Waals surface area contributed by atoms with E-state index in [-0.39, 0.29) is 12.0 Å². The quantitative estimate of drug-likeness (QED) is 0.891. The Hall–Kier alpha value is -1.95. The van der Waals surface area contributed by atoms with Gasteiger partial charge in [0, 0.05) is 25.5 Å². The second-order valence-corrected chi connectivity index (χ2v) is 6.98. The lowest BCUT2D eigenvalue weighted by molar-refractivity contribution is -0.141. The molecule has 2 aliphatic rings. The summed E-state index contributed by atoms with van der Waals surface area (Å²) < 4.78 is 5.86. The largest absolute Gasteiger partial charge is 0.481 e. The SMILES string of the molecule is CC1(C)[C@H](C(=O)O)[C@@H]1C(=O)N1CCC(OCc2ccncc2)C1. The normalized spacial score (nSPS) is 28.6. The summed E-state index contributed by atoms with van der Waals surface area (Å²) >= 11 is 0. The summed E-state index contributed by atoms with van der Waals surface area (Å²) in [5.41, 5.74) is 0.609. The minimum atomic E-state index is -0.877. The van der Waals surface area contributed by atoms with Crippen molar-refractivity contribution >= 4 is 11.9 Å². The van der Waals surface area contributed by atoms with E-state index in [0.717, 1.165) is 12.0 Å². The monoisotopic (exact) mass is 318 g/mol. The molecule has 1 aliphatic carbocycles. The minimum Gasteiger partial charge on any atom is -0.481 e.